The van der Waals surface area contributed by atoms with E-state index in [0.717, 1.165) is 24.3 Å². The Morgan fingerprint density at radius 1 is 1.44 bits per heavy atom. The van der Waals surface area contributed by atoms with Gasteiger partial charge in [0, 0.05) is 19.3 Å². The van der Waals surface area contributed by atoms with Gasteiger partial charge in [0.2, 0.25) is 5.91 Å². The Hall–Kier alpha value is -1.39. The Bertz CT molecular complexity index is 380. The minimum Gasteiger partial charge on any atom is -0.384 e. The highest BCUT2D eigenvalue weighted by atomic mass is 16.5. The van der Waals surface area contributed by atoms with Gasteiger partial charge in [-0.1, -0.05) is 26.0 Å². The Morgan fingerprint density at radius 3 is 2.89 bits per heavy atom. The predicted molar refractivity (Wildman–Crippen MR) is 73.5 cm³/mol. The van der Waals surface area contributed by atoms with Crippen LogP contribution in [0.15, 0.2) is 24.3 Å². The third-order valence-corrected chi connectivity index (χ3v) is 2.64. The van der Waals surface area contributed by atoms with Crippen molar-refractivity contribution >= 4 is 11.6 Å². The number of hydrogen-bond donors (Lipinski definition) is 2. The molecule has 1 amide bonds. The van der Waals surface area contributed by atoms with Crippen molar-refractivity contribution in [1.82, 2.24) is 5.32 Å². The molecule has 1 aromatic rings. The van der Waals surface area contributed by atoms with Crippen molar-refractivity contribution < 1.29 is 9.53 Å². The normalized spacial score (nSPS) is 12.2. The summed E-state index contributed by atoms with van der Waals surface area (Å²) in [4.78, 5) is 11.8. The highest BCUT2D eigenvalue weighted by Crippen LogP contribution is 2.12. The fourth-order valence-corrected chi connectivity index (χ4v) is 1.62. The highest BCUT2D eigenvalue weighted by molar-refractivity contribution is 5.92. The second-order valence-electron chi connectivity index (χ2n) is 4.33. The van der Waals surface area contributed by atoms with E-state index in [2.05, 4.69) is 17.6 Å². The number of anilines is 1. The van der Waals surface area contributed by atoms with E-state index in [0.29, 0.717) is 6.61 Å². The van der Waals surface area contributed by atoms with Crippen molar-refractivity contribution in [2.75, 3.05) is 25.6 Å². The van der Waals surface area contributed by atoms with Gasteiger partial charge in [-0.15, -0.1) is 0 Å². The van der Waals surface area contributed by atoms with Crippen LogP contribution in [0.2, 0.25) is 0 Å². The van der Waals surface area contributed by atoms with Crippen LogP contribution in [0.5, 0.6) is 0 Å². The Balaban J connectivity index is 2.58. The molecule has 0 heterocycles. The fraction of sp³-hybridized carbons (Fsp3) is 0.500. The van der Waals surface area contributed by atoms with Crippen molar-refractivity contribution in [3.05, 3.63) is 29.8 Å². The van der Waals surface area contributed by atoms with Gasteiger partial charge in [-0.05, 0) is 24.2 Å². The summed E-state index contributed by atoms with van der Waals surface area (Å²) in [6.45, 7) is 6.09. The smallest absolute Gasteiger partial charge is 0.229 e. The molecule has 0 aliphatic rings. The first-order valence-corrected chi connectivity index (χ1v) is 6.26. The van der Waals surface area contributed by atoms with E-state index in [1.807, 2.05) is 31.2 Å². The third-order valence-electron chi connectivity index (χ3n) is 2.64. The molecular formula is C14H22N2O2. The monoisotopic (exact) mass is 250 g/mol. The van der Waals surface area contributed by atoms with Crippen LogP contribution < -0.4 is 10.6 Å². The summed E-state index contributed by atoms with van der Waals surface area (Å²) < 4.78 is 4.97. The van der Waals surface area contributed by atoms with E-state index in [9.17, 15) is 4.79 Å². The second kappa shape index (κ2) is 7.84. The van der Waals surface area contributed by atoms with E-state index in [4.69, 9.17) is 4.74 Å². The molecule has 0 fully saturated rings. The van der Waals surface area contributed by atoms with E-state index in [1.165, 1.54) is 0 Å². The molecule has 0 aromatic heterocycles. The van der Waals surface area contributed by atoms with E-state index in [1.54, 1.807) is 7.11 Å². The van der Waals surface area contributed by atoms with Gasteiger partial charge in [-0.3, -0.25) is 4.79 Å². The number of carbonyl (C=O) groups is 1. The van der Waals surface area contributed by atoms with Gasteiger partial charge in [0.15, 0.2) is 0 Å². The van der Waals surface area contributed by atoms with E-state index in [-0.39, 0.29) is 11.8 Å². The van der Waals surface area contributed by atoms with Crippen LogP contribution >= 0.6 is 0 Å². The molecule has 18 heavy (non-hydrogen) atoms. The lowest BCUT2D eigenvalue weighted by atomic mass is 10.1. The lowest BCUT2D eigenvalue weighted by Crippen LogP contribution is -2.24. The van der Waals surface area contributed by atoms with Crippen molar-refractivity contribution in [1.29, 1.82) is 0 Å². The van der Waals surface area contributed by atoms with Gasteiger partial charge in [0.25, 0.3) is 0 Å². The first kappa shape index (κ1) is 14.7. The number of nitrogens with one attached hydrogen (secondary N) is 2. The maximum Gasteiger partial charge on any atom is 0.229 e. The van der Waals surface area contributed by atoms with Crippen LogP contribution in [0.25, 0.3) is 0 Å². The molecule has 2 N–H and O–H groups in total. The number of hydrogen-bond acceptors (Lipinski definition) is 3. The molecular weight excluding hydrogens is 228 g/mol. The molecule has 1 rings (SSSR count). The van der Waals surface area contributed by atoms with Gasteiger partial charge in [-0.2, -0.15) is 0 Å². The van der Waals surface area contributed by atoms with Gasteiger partial charge < -0.3 is 15.4 Å². The minimum absolute atomic E-state index is 0.0162. The van der Waals surface area contributed by atoms with Gasteiger partial charge >= 0.3 is 0 Å². The minimum atomic E-state index is -0.146. The van der Waals surface area contributed by atoms with E-state index >= 15 is 0 Å². The number of amides is 1. The summed E-state index contributed by atoms with van der Waals surface area (Å²) in [6, 6.07) is 7.87. The van der Waals surface area contributed by atoms with Crippen LogP contribution in [0, 0.1) is 5.92 Å². The Labute approximate surface area is 109 Å². The molecule has 0 aliphatic carbocycles. The number of benzene rings is 1. The maximum atomic E-state index is 11.8. The summed E-state index contributed by atoms with van der Waals surface area (Å²) in [7, 11) is 1.60. The summed E-state index contributed by atoms with van der Waals surface area (Å²) in [5, 5.41) is 6.15. The molecule has 1 unspecified atom stereocenters. The molecule has 4 heteroatoms. The highest BCUT2D eigenvalue weighted by Gasteiger charge is 2.12. The van der Waals surface area contributed by atoms with Crippen molar-refractivity contribution in [2.45, 2.75) is 20.4 Å². The largest absolute Gasteiger partial charge is 0.384 e. The summed E-state index contributed by atoms with van der Waals surface area (Å²) in [6.07, 6.45) is 0. The molecule has 0 spiro atoms. The van der Waals surface area contributed by atoms with Crippen LogP contribution in [-0.4, -0.2) is 26.2 Å². The molecule has 0 aliphatic heterocycles. The molecule has 4 nitrogen and oxygen atoms in total. The van der Waals surface area contributed by atoms with Crippen LogP contribution in [-0.2, 0) is 16.1 Å². The summed E-state index contributed by atoms with van der Waals surface area (Å²) in [5.41, 5.74) is 1.99. The Morgan fingerprint density at radius 2 is 2.22 bits per heavy atom. The summed E-state index contributed by atoms with van der Waals surface area (Å²) >= 11 is 0. The summed E-state index contributed by atoms with van der Waals surface area (Å²) in [5.74, 6) is -0.162. The third kappa shape index (κ3) is 4.85. The standard InChI is InChI=1S/C14H22N2O2/c1-4-15-9-12-6-5-7-13(8-12)16-14(17)11(2)10-18-3/h5-8,11,15H,4,9-10H2,1-3H3,(H,16,17). The molecule has 0 bridgehead atoms. The van der Waals surface area contributed by atoms with Crippen molar-refractivity contribution in [2.24, 2.45) is 5.92 Å². The topological polar surface area (TPSA) is 50.4 Å². The second-order valence-corrected chi connectivity index (χ2v) is 4.33. The van der Waals surface area contributed by atoms with Crippen molar-refractivity contribution in [3.63, 3.8) is 0 Å². The van der Waals surface area contributed by atoms with Crippen LogP contribution in [0.1, 0.15) is 19.4 Å². The molecule has 1 aromatic carbocycles. The van der Waals surface area contributed by atoms with Crippen LogP contribution in [0.3, 0.4) is 0 Å². The average Bonchev–Trinajstić information content (AvgIpc) is 2.37. The maximum absolute atomic E-state index is 11.8. The molecule has 1 atom stereocenters. The molecule has 0 saturated carbocycles. The Kier molecular flexibility index (Phi) is 6.39. The van der Waals surface area contributed by atoms with Gasteiger partial charge in [0.05, 0.1) is 12.5 Å². The van der Waals surface area contributed by atoms with Gasteiger partial charge in [0.1, 0.15) is 0 Å². The number of carbonyl (C=O) groups excluding carboxylic acids is 1. The molecule has 0 saturated heterocycles. The number of ether oxygens (including phenoxy) is 1. The average molecular weight is 250 g/mol. The first-order valence-electron chi connectivity index (χ1n) is 6.26. The molecule has 0 radical (unpaired) electrons. The first-order chi connectivity index (χ1) is 8.67. The van der Waals surface area contributed by atoms with E-state index < -0.39 is 0 Å². The lowest BCUT2D eigenvalue weighted by molar-refractivity contribution is -0.120. The quantitative estimate of drug-likeness (QED) is 0.778. The predicted octanol–water partition coefficient (Wildman–Crippen LogP) is 2.02. The zero-order chi connectivity index (χ0) is 13.4. The van der Waals surface area contributed by atoms with Crippen LogP contribution in [0.4, 0.5) is 5.69 Å². The fourth-order valence-electron chi connectivity index (χ4n) is 1.62. The number of methoxy groups -OCH3 is 1. The molecule has 100 valence electrons. The SMILES string of the molecule is CCNCc1cccc(NC(=O)C(C)COC)c1. The van der Waals surface area contributed by atoms with Crippen molar-refractivity contribution in [3.8, 4) is 0 Å². The number of rotatable bonds is 7. The van der Waals surface area contributed by atoms with Gasteiger partial charge in [-0.25, -0.2) is 0 Å². The zero-order valence-electron chi connectivity index (χ0n) is 11.3. The lowest BCUT2D eigenvalue weighted by Gasteiger charge is -2.12. The zero-order valence-corrected chi connectivity index (χ0v) is 11.3.